The fraction of sp³-hybridized carbons (Fsp3) is 0.500. The zero-order chi connectivity index (χ0) is 19.2. The van der Waals surface area contributed by atoms with Crippen molar-refractivity contribution >= 4 is 22.8 Å². The number of piperidine rings is 1. The number of guanidine groups is 1. The summed E-state index contributed by atoms with van der Waals surface area (Å²) in [5, 5.41) is 7.19. The minimum atomic E-state index is -0.228. The second kappa shape index (κ2) is 8.88. The predicted molar refractivity (Wildman–Crippen MR) is 106 cm³/mol. The molecule has 6 nitrogen and oxygen atoms in total. The summed E-state index contributed by atoms with van der Waals surface area (Å²) in [7, 11) is 3.49. The highest BCUT2D eigenvalue weighted by Gasteiger charge is 2.23. The standard InChI is InChI=1S/C20H28FN5O/c1-22-19(27)11-14-6-9-26(10-7-14)20(23-2)24-8-5-15-13-25-18-12-16(21)3-4-17(15)18/h3-4,12-14,25H,5-11H2,1-2H3,(H,22,27)(H,23,24). The van der Waals surface area contributed by atoms with Gasteiger partial charge in [0.05, 0.1) is 0 Å². The van der Waals surface area contributed by atoms with E-state index in [0.717, 1.165) is 61.3 Å². The number of rotatable bonds is 5. The van der Waals surface area contributed by atoms with Gasteiger partial charge in [0.2, 0.25) is 5.91 Å². The maximum absolute atomic E-state index is 13.3. The van der Waals surface area contributed by atoms with Crippen molar-refractivity contribution in [2.75, 3.05) is 33.7 Å². The lowest BCUT2D eigenvalue weighted by Gasteiger charge is -2.34. The zero-order valence-electron chi connectivity index (χ0n) is 16.0. The van der Waals surface area contributed by atoms with Gasteiger partial charge in [-0.05, 0) is 48.9 Å². The van der Waals surface area contributed by atoms with Crippen molar-refractivity contribution in [3.8, 4) is 0 Å². The Balaban J connectivity index is 1.49. The molecule has 1 aromatic carbocycles. The molecular formula is C20H28FN5O. The Hall–Kier alpha value is -2.57. The van der Waals surface area contributed by atoms with Gasteiger partial charge >= 0.3 is 0 Å². The summed E-state index contributed by atoms with van der Waals surface area (Å²) >= 11 is 0. The fourth-order valence-electron chi connectivity index (χ4n) is 3.72. The molecule has 0 saturated carbocycles. The molecule has 1 aromatic heterocycles. The van der Waals surface area contributed by atoms with Gasteiger partial charge in [-0.25, -0.2) is 4.39 Å². The lowest BCUT2D eigenvalue weighted by Crippen LogP contribution is -2.46. The third-order valence-corrected chi connectivity index (χ3v) is 5.29. The molecule has 0 atom stereocenters. The highest BCUT2D eigenvalue weighted by Crippen LogP contribution is 2.21. The van der Waals surface area contributed by atoms with Gasteiger partial charge in [0.25, 0.3) is 0 Å². The molecule has 1 aliphatic heterocycles. The van der Waals surface area contributed by atoms with Gasteiger partial charge in [0.15, 0.2) is 5.96 Å². The van der Waals surface area contributed by atoms with Crippen LogP contribution in [0.5, 0.6) is 0 Å². The molecule has 1 saturated heterocycles. The molecule has 3 N–H and O–H groups in total. The van der Waals surface area contributed by atoms with Crippen LogP contribution in [0.1, 0.15) is 24.8 Å². The number of nitrogens with zero attached hydrogens (tertiary/aromatic N) is 2. The van der Waals surface area contributed by atoms with Crippen LogP contribution < -0.4 is 10.6 Å². The summed E-state index contributed by atoms with van der Waals surface area (Å²) in [4.78, 5) is 21.3. The minimum Gasteiger partial charge on any atom is -0.361 e. The fourth-order valence-corrected chi connectivity index (χ4v) is 3.72. The summed E-state index contributed by atoms with van der Waals surface area (Å²) in [6, 6.07) is 4.84. The molecule has 146 valence electrons. The van der Waals surface area contributed by atoms with Gasteiger partial charge in [-0.3, -0.25) is 9.79 Å². The van der Waals surface area contributed by atoms with E-state index in [9.17, 15) is 9.18 Å². The smallest absolute Gasteiger partial charge is 0.220 e. The van der Waals surface area contributed by atoms with E-state index < -0.39 is 0 Å². The van der Waals surface area contributed by atoms with Crippen LogP contribution in [-0.2, 0) is 11.2 Å². The van der Waals surface area contributed by atoms with Crippen LogP contribution in [0.4, 0.5) is 4.39 Å². The topological polar surface area (TPSA) is 72.5 Å². The first kappa shape index (κ1) is 19.2. The van der Waals surface area contributed by atoms with Crippen LogP contribution in [0, 0.1) is 11.7 Å². The molecule has 27 heavy (non-hydrogen) atoms. The number of aromatic nitrogens is 1. The Morgan fingerprint density at radius 3 is 2.85 bits per heavy atom. The van der Waals surface area contributed by atoms with E-state index in [1.54, 1.807) is 14.1 Å². The van der Waals surface area contributed by atoms with E-state index in [2.05, 4.69) is 25.5 Å². The minimum absolute atomic E-state index is 0.120. The van der Waals surface area contributed by atoms with Crippen LogP contribution in [0.2, 0.25) is 0 Å². The lowest BCUT2D eigenvalue weighted by atomic mass is 9.93. The number of amides is 1. The number of halogens is 1. The van der Waals surface area contributed by atoms with Crippen molar-refractivity contribution in [2.24, 2.45) is 10.9 Å². The quantitative estimate of drug-likeness (QED) is 0.556. The van der Waals surface area contributed by atoms with E-state index in [0.29, 0.717) is 12.3 Å². The number of hydrogen-bond acceptors (Lipinski definition) is 2. The Morgan fingerprint density at radius 2 is 2.15 bits per heavy atom. The zero-order valence-corrected chi connectivity index (χ0v) is 16.0. The number of carbonyl (C=O) groups is 1. The number of carbonyl (C=O) groups excluding carboxylic acids is 1. The first-order chi connectivity index (χ1) is 13.1. The molecule has 3 rings (SSSR count). The summed E-state index contributed by atoms with van der Waals surface area (Å²) < 4.78 is 13.3. The molecule has 0 aliphatic carbocycles. The van der Waals surface area contributed by atoms with Crippen molar-refractivity contribution < 1.29 is 9.18 Å². The number of hydrogen-bond donors (Lipinski definition) is 3. The molecule has 0 spiro atoms. The molecule has 0 bridgehead atoms. The Labute approximate surface area is 159 Å². The van der Waals surface area contributed by atoms with Gasteiger partial charge in [-0.1, -0.05) is 0 Å². The number of aromatic amines is 1. The normalized spacial score (nSPS) is 16.0. The van der Waals surface area contributed by atoms with Crippen LogP contribution in [0.25, 0.3) is 10.9 Å². The van der Waals surface area contributed by atoms with Crippen LogP contribution >= 0.6 is 0 Å². The van der Waals surface area contributed by atoms with Crippen molar-refractivity contribution in [3.63, 3.8) is 0 Å². The van der Waals surface area contributed by atoms with Crippen molar-refractivity contribution in [2.45, 2.75) is 25.7 Å². The number of H-pyrrole nitrogens is 1. The lowest BCUT2D eigenvalue weighted by molar-refractivity contribution is -0.121. The van der Waals surface area contributed by atoms with Crippen LogP contribution in [0.15, 0.2) is 29.4 Å². The third-order valence-electron chi connectivity index (χ3n) is 5.29. The number of nitrogens with one attached hydrogen (secondary N) is 3. The van der Waals surface area contributed by atoms with E-state index >= 15 is 0 Å². The second-order valence-corrected chi connectivity index (χ2v) is 7.04. The van der Waals surface area contributed by atoms with E-state index in [4.69, 9.17) is 0 Å². The summed E-state index contributed by atoms with van der Waals surface area (Å²) in [6.07, 6.45) is 5.39. The number of fused-ring (bicyclic) bond motifs is 1. The van der Waals surface area contributed by atoms with Gasteiger partial charge in [0.1, 0.15) is 5.82 Å². The molecule has 2 heterocycles. The first-order valence-corrected chi connectivity index (χ1v) is 9.52. The Morgan fingerprint density at radius 1 is 1.37 bits per heavy atom. The Bertz CT molecular complexity index is 808. The maximum Gasteiger partial charge on any atom is 0.220 e. The highest BCUT2D eigenvalue weighted by molar-refractivity contribution is 5.83. The van der Waals surface area contributed by atoms with Gasteiger partial charge in [-0.15, -0.1) is 0 Å². The van der Waals surface area contributed by atoms with Gasteiger partial charge < -0.3 is 20.5 Å². The number of benzene rings is 1. The monoisotopic (exact) mass is 373 g/mol. The average molecular weight is 373 g/mol. The summed E-state index contributed by atoms with van der Waals surface area (Å²) in [5.41, 5.74) is 1.99. The third kappa shape index (κ3) is 4.78. The van der Waals surface area contributed by atoms with Gasteiger partial charge in [0, 0.05) is 57.3 Å². The second-order valence-electron chi connectivity index (χ2n) is 7.04. The summed E-state index contributed by atoms with van der Waals surface area (Å²) in [5.74, 6) is 1.24. The molecular weight excluding hydrogens is 345 g/mol. The highest BCUT2D eigenvalue weighted by atomic mass is 19.1. The molecule has 0 unspecified atom stereocenters. The van der Waals surface area contributed by atoms with Gasteiger partial charge in [-0.2, -0.15) is 0 Å². The van der Waals surface area contributed by atoms with Crippen molar-refractivity contribution in [1.29, 1.82) is 0 Å². The Kier molecular flexibility index (Phi) is 6.32. The largest absolute Gasteiger partial charge is 0.361 e. The van der Waals surface area contributed by atoms with Crippen molar-refractivity contribution in [1.82, 2.24) is 20.5 Å². The first-order valence-electron chi connectivity index (χ1n) is 9.52. The van der Waals surface area contributed by atoms with Crippen LogP contribution in [-0.4, -0.2) is 55.5 Å². The maximum atomic E-state index is 13.3. The molecule has 2 aromatic rings. The predicted octanol–water partition coefficient (Wildman–Crippen LogP) is 2.27. The summed E-state index contributed by atoms with van der Waals surface area (Å²) in [6.45, 7) is 2.58. The number of likely N-dealkylation sites (tertiary alicyclic amines) is 1. The van der Waals surface area contributed by atoms with E-state index in [1.807, 2.05) is 12.3 Å². The SMILES string of the molecule is CN=C(NCCc1c[nH]c2cc(F)ccc12)N1CCC(CC(=O)NC)CC1. The molecule has 1 fully saturated rings. The molecule has 1 aliphatic rings. The van der Waals surface area contributed by atoms with Crippen molar-refractivity contribution in [3.05, 3.63) is 35.8 Å². The number of aliphatic imine (C=N–C) groups is 1. The molecule has 1 amide bonds. The molecule has 7 heteroatoms. The van der Waals surface area contributed by atoms with E-state index in [1.165, 1.54) is 12.1 Å². The average Bonchev–Trinajstić information content (AvgIpc) is 3.08. The van der Waals surface area contributed by atoms with E-state index in [-0.39, 0.29) is 11.7 Å². The molecule has 0 radical (unpaired) electrons. The van der Waals surface area contributed by atoms with Crippen LogP contribution in [0.3, 0.4) is 0 Å².